The summed E-state index contributed by atoms with van der Waals surface area (Å²) in [5.74, 6) is 0.626. The third-order valence-electron chi connectivity index (χ3n) is 4.02. The van der Waals surface area contributed by atoms with E-state index in [1.165, 1.54) is 4.57 Å². The lowest BCUT2D eigenvalue weighted by molar-refractivity contribution is -0.123. The minimum Gasteiger partial charge on any atom is -0.484 e. The topological polar surface area (TPSA) is 73.2 Å². The SMILES string of the molecule is CC(NC(=O)COc1ccc(Cl)cc1)c1nc2cc(Cl)ccc2c(=O)n1C. The molecule has 0 aliphatic rings. The summed E-state index contributed by atoms with van der Waals surface area (Å²) in [7, 11) is 1.62. The Morgan fingerprint density at radius 1 is 1.19 bits per heavy atom. The Labute approximate surface area is 165 Å². The zero-order chi connectivity index (χ0) is 19.6. The molecule has 3 rings (SSSR count). The third kappa shape index (κ3) is 4.40. The molecule has 1 N–H and O–H groups in total. The first-order valence-electron chi connectivity index (χ1n) is 8.19. The maximum atomic E-state index is 12.5. The van der Waals surface area contributed by atoms with Gasteiger partial charge in [0.05, 0.1) is 16.9 Å². The number of halogens is 2. The van der Waals surface area contributed by atoms with Crippen LogP contribution < -0.4 is 15.6 Å². The molecule has 0 aliphatic carbocycles. The minimum absolute atomic E-state index is 0.167. The molecule has 0 radical (unpaired) electrons. The number of rotatable bonds is 5. The first-order valence-corrected chi connectivity index (χ1v) is 8.94. The van der Waals surface area contributed by atoms with Crippen molar-refractivity contribution in [3.63, 3.8) is 0 Å². The lowest BCUT2D eigenvalue weighted by atomic mass is 10.2. The maximum Gasteiger partial charge on any atom is 0.261 e. The number of carbonyl (C=O) groups is 1. The molecule has 0 aliphatic heterocycles. The molecule has 1 amide bonds. The van der Waals surface area contributed by atoms with Crippen LogP contribution in [0.25, 0.3) is 10.9 Å². The Kier molecular flexibility index (Phi) is 5.68. The van der Waals surface area contributed by atoms with E-state index in [1.54, 1.807) is 56.4 Å². The van der Waals surface area contributed by atoms with E-state index in [1.807, 2.05) is 0 Å². The predicted molar refractivity (Wildman–Crippen MR) is 105 cm³/mol. The number of nitrogens with one attached hydrogen (secondary N) is 1. The van der Waals surface area contributed by atoms with Crippen molar-refractivity contribution in [3.8, 4) is 5.75 Å². The van der Waals surface area contributed by atoms with Crippen molar-refractivity contribution in [1.29, 1.82) is 0 Å². The fraction of sp³-hybridized carbons (Fsp3) is 0.211. The third-order valence-corrected chi connectivity index (χ3v) is 4.51. The molecular weight excluding hydrogens is 389 g/mol. The molecule has 0 saturated heterocycles. The van der Waals surface area contributed by atoms with Crippen LogP contribution in [0.5, 0.6) is 5.75 Å². The summed E-state index contributed by atoms with van der Waals surface area (Å²) in [5, 5.41) is 4.32. The molecule has 27 heavy (non-hydrogen) atoms. The van der Waals surface area contributed by atoms with Gasteiger partial charge in [-0.3, -0.25) is 14.2 Å². The van der Waals surface area contributed by atoms with Gasteiger partial charge in [0.1, 0.15) is 11.6 Å². The van der Waals surface area contributed by atoms with Gasteiger partial charge < -0.3 is 10.1 Å². The molecule has 3 aromatic rings. The zero-order valence-electron chi connectivity index (χ0n) is 14.7. The molecule has 0 spiro atoms. The summed E-state index contributed by atoms with van der Waals surface area (Å²) >= 11 is 11.8. The van der Waals surface area contributed by atoms with Gasteiger partial charge in [-0.25, -0.2) is 4.98 Å². The van der Waals surface area contributed by atoms with Gasteiger partial charge in [-0.1, -0.05) is 23.2 Å². The first-order chi connectivity index (χ1) is 12.8. The Morgan fingerprint density at radius 3 is 2.56 bits per heavy atom. The van der Waals surface area contributed by atoms with Gasteiger partial charge in [0, 0.05) is 17.1 Å². The standard InChI is InChI=1S/C19H17Cl2N3O3/c1-11(22-17(25)10-27-14-6-3-12(20)4-7-14)18-23-16-9-13(21)5-8-15(16)19(26)24(18)2/h3-9,11H,10H2,1-2H3,(H,22,25). The number of nitrogens with zero attached hydrogens (tertiary/aromatic N) is 2. The molecule has 6 nitrogen and oxygen atoms in total. The molecule has 0 saturated carbocycles. The van der Waals surface area contributed by atoms with E-state index in [0.717, 1.165) is 0 Å². The molecule has 8 heteroatoms. The highest BCUT2D eigenvalue weighted by Gasteiger charge is 2.17. The number of amides is 1. The molecule has 0 fully saturated rings. The predicted octanol–water partition coefficient (Wildman–Crippen LogP) is 3.50. The molecule has 2 aromatic carbocycles. The molecule has 0 bridgehead atoms. The summed E-state index contributed by atoms with van der Waals surface area (Å²) in [6, 6.07) is 11.1. The van der Waals surface area contributed by atoms with Gasteiger partial charge in [-0.2, -0.15) is 0 Å². The number of fused-ring (bicyclic) bond motifs is 1. The van der Waals surface area contributed by atoms with Gasteiger partial charge in [0.25, 0.3) is 11.5 Å². The summed E-state index contributed by atoms with van der Waals surface area (Å²) in [4.78, 5) is 29.2. The van der Waals surface area contributed by atoms with E-state index in [-0.39, 0.29) is 18.1 Å². The van der Waals surface area contributed by atoms with E-state index in [9.17, 15) is 9.59 Å². The highest BCUT2D eigenvalue weighted by atomic mass is 35.5. The van der Waals surface area contributed by atoms with E-state index in [4.69, 9.17) is 27.9 Å². The van der Waals surface area contributed by atoms with Crippen LogP contribution in [0.3, 0.4) is 0 Å². The van der Waals surface area contributed by atoms with Crippen LogP contribution in [0.15, 0.2) is 47.3 Å². The second-order valence-electron chi connectivity index (χ2n) is 6.03. The van der Waals surface area contributed by atoms with Crippen LogP contribution in [0, 0.1) is 0 Å². The number of benzene rings is 2. The molecule has 1 atom stereocenters. The first kappa shape index (κ1) is 19.2. The van der Waals surface area contributed by atoms with Crippen LogP contribution in [-0.2, 0) is 11.8 Å². The van der Waals surface area contributed by atoms with Crippen molar-refractivity contribution in [2.75, 3.05) is 6.61 Å². The van der Waals surface area contributed by atoms with Crippen molar-refractivity contribution in [2.45, 2.75) is 13.0 Å². The number of carbonyl (C=O) groups excluding carboxylic acids is 1. The van der Waals surface area contributed by atoms with Crippen molar-refractivity contribution in [1.82, 2.24) is 14.9 Å². The van der Waals surface area contributed by atoms with Crippen molar-refractivity contribution < 1.29 is 9.53 Å². The van der Waals surface area contributed by atoms with Crippen LogP contribution in [-0.4, -0.2) is 22.1 Å². The number of ether oxygens (including phenoxy) is 1. The Balaban J connectivity index is 1.74. The fourth-order valence-corrected chi connectivity index (χ4v) is 2.97. The highest BCUT2D eigenvalue weighted by molar-refractivity contribution is 6.31. The molecule has 1 heterocycles. The highest BCUT2D eigenvalue weighted by Crippen LogP contribution is 2.18. The average molecular weight is 406 g/mol. The smallest absolute Gasteiger partial charge is 0.261 e. The van der Waals surface area contributed by atoms with Crippen LogP contribution in [0.4, 0.5) is 0 Å². The lowest BCUT2D eigenvalue weighted by Gasteiger charge is -2.17. The van der Waals surface area contributed by atoms with Gasteiger partial charge in [0.15, 0.2) is 6.61 Å². The van der Waals surface area contributed by atoms with Crippen LogP contribution in [0.1, 0.15) is 18.8 Å². The Morgan fingerprint density at radius 2 is 1.85 bits per heavy atom. The summed E-state index contributed by atoms with van der Waals surface area (Å²) in [6.07, 6.45) is 0. The zero-order valence-corrected chi connectivity index (χ0v) is 16.2. The van der Waals surface area contributed by atoms with Crippen LogP contribution in [0.2, 0.25) is 10.0 Å². The second-order valence-corrected chi connectivity index (χ2v) is 6.90. The Bertz CT molecular complexity index is 1050. The molecule has 1 unspecified atom stereocenters. The summed E-state index contributed by atoms with van der Waals surface area (Å²) < 4.78 is 6.84. The molecule has 140 valence electrons. The quantitative estimate of drug-likeness (QED) is 0.704. The van der Waals surface area contributed by atoms with Crippen molar-refractivity contribution in [2.24, 2.45) is 7.05 Å². The van der Waals surface area contributed by atoms with Crippen LogP contribution >= 0.6 is 23.2 Å². The largest absolute Gasteiger partial charge is 0.484 e. The summed E-state index contributed by atoms with van der Waals surface area (Å²) in [6.45, 7) is 1.58. The monoisotopic (exact) mass is 405 g/mol. The summed E-state index contributed by atoms with van der Waals surface area (Å²) in [5.41, 5.74) is 0.282. The van der Waals surface area contributed by atoms with E-state index in [2.05, 4.69) is 10.3 Å². The van der Waals surface area contributed by atoms with Crippen molar-refractivity contribution >= 4 is 40.0 Å². The van der Waals surface area contributed by atoms with Gasteiger partial charge in [-0.05, 0) is 49.4 Å². The maximum absolute atomic E-state index is 12.5. The van der Waals surface area contributed by atoms with Gasteiger partial charge in [-0.15, -0.1) is 0 Å². The Hall–Kier alpha value is -2.57. The number of hydrogen-bond acceptors (Lipinski definition) is 4. The molecular formula is C19H17Cl2N3O3. The normalized spacial score (nSPS) is 12.0. The number of hydrogen-bond donors (Lipinski definition) is 1. The number of aromatic nitrogens is 2. The molecule has 1 aromatic heterocycles. The lowest BCUT2D eigenvalue weighted by Crippen LogP contribution is -2.35. The van der Waals surface area contributed by atoms with E-state index < -0.39 is 6.04 Å². The average Bonchev–Trinajstić information content (AvgIpc) is 2.64. The van der Waals surface area contributed by atoms with Crippen molar-refractivity contribution in [3.05, 3.63) is 68.7 Å². The minimum atomic E-state index is -0.493. The van der Waals surface area contributed by atoms with E-state index >= 15 is 0 Å². The van der Waals surface area contributed by atoms with Gasteiger partial charge >= 0.3 is 0 Å². The second kappa shape index (κ2) is 7.98. The van der Waals surface area contributed by atoms with Gasteiger partial charge in [0.2, 0.25) is 0 Å². The fourth-order valence-electron chi connectivity index (χ4n) is 2.68. The van der Waals surface area contributed by atoms with E-state index in [0.29, 0.717) is 32.5 Å².